The molecule has 82 valence electrons. The Morgan fingerprint density at radius 2 is 1.93 bits per heavy atom. The van der Waals surface area contributed by atoms with E-state index in [0.717, 1.165) is 11.3 Å². The average Bonchev–Trinajstić information content (AvgIpc) is 2.53. The molecule has 0 bridgehead atoms. The molecule has 1 N–H and O–H groups in total. The lowest BCUT2D eigenvalue weighted by Crippen LogP contribution is -2.34. The third-order valence-corrected chi connectivity index (χ3v) is 2.04. The minimum Gasteiger partial charge on any atom is -0.356 e. The summed E-state index contributed by atoms with van der Waals surface area (Å²) in [6.07, 6.45) is 3.46. The highest BCUT2D eigenvalue weighted by Gasteiger charge is 2.23. The highest BCUT2D eigenvalue weighted by Crippen LogP contribution is 2.03. The predicted octanol–water partition coefficient (Wildman–Crippen LogP) is -0.172. The van der Waals surface area contributed by atoms with Crippen molar-refractivity contribution >= 4 is 17.7 Å². The molecule has 0 saturated carbocycles. The summed E-state index contributed by atoms with van der Waals surface area (Å²) in [6.45, 7) is 2.73. The minimum atomic E-state index is -0.344. The maximum atomic E-state index is 11.2. The van der Waals surface area contributed by atoms with E-state index in [-0.39, 0.29) is 30.7 Å². The second kappa shape index (κ2) is 5.29. The standard InChI is InChI=1S/C10H14N2O3/c1-2-6-11-8(13)5-7-12-9(14)3-4-10(12)15/h3-4H,2,5-7H2,1H3,(H,11,13). The van der Waals surface area contributed by atoms with E-state index < -0.39 is 0 Å². The highest BCUT2D eigenvalue weighted by atomic mass is 16.2. The molecule has 0 radical (unpaired) electrons. The van der Waals surface area contributed by atoms with Gasteiger partial charge in [0.1, 0.15) is 0 Å². The van der Waals surface area contributed by atoms with Crippen LogP contribution in [0.4, 0.5) is 0 Å². The summed E-state index contributed by atoms with van der Waals surface area (Å²) < 4.78 is 0. The van der Waals surface area contributed by atoms with Crippen LogP contribution in [0.25, 0.3) is 0 Å². The van der Waals surface area contributed by atoms with Crippen LogP contribution >= 0.6 is 0 Å². The summed E-state index contributed by atoms with van der Waals surface area (Å²) in [4.78, 5) is 34.4. The third-order valence-electron chi connectivity index (χ3n) is 2.04. The van der Waals surface area contributed by atoms with Crippen LogP contribution in [-0.2, 0) is 14.4 Å². The molecule has 3 amide bonds. The van der Waals surface area contributed by atoms with Gasteiger partial charge in [-0.1, -0.05) is 6.92 Å². The summed E-state index contributed by atoms with van der Waals surface area (Å²) in [5.74, 6) is -0.823. The van der Waals surface area contributed by atoms with E-state index in [1.165, 1.54) is 12.2 Å². The van der Waals surface area contributed by atoms with E-state index in [1.54, 1.807) is 0 Å². The van der Waals surface area contributed by atoms with Gasteiger partial charge in [0, 0.05) is 31.7 Å². The Labute approximate surface area is 88.1 Å². The summed E-state index contributed by atoms with van der Waals surface area (Å²) in [6, 6.07) is 0. The molecule has 5 nitrogen and oxygen atoms in total. The van der Waals surface area contributed by atoms with Crippen LogP contribution in [0.15, 0.2) is 12.2 Å². The molecule has 1 rings (SSSR count). The largest absolute Gasteiger partial charge is 0.356 e. The van der Waals surface area contributed by atoms with Gasteiger partial charge in [-0.3, -0.25) is 19.3 Å². The van der Waals surface area contributed by atoms with Crippen molar-refractivity contribution in [3.8, 4) is 0 Å². The van der Waals surface area contributed by atoms with Crippen LogP contribution in [0, 0.1) is 0 Å². The first kappa shape index (κ1) is 11.4. The number of carbonyl (C=O) groups excluding carboxylic acids is 3. The van der Waals surface area contributed by atoms with Crippen LogP contribution in [0.2, 0.25) is 0 Å². The molecule has 0 saturated heterocycles. The third kappa shape index (κ3) is 3.19. The van der Waals surface area contributed by atoms with Gasteiger partial charge in [0.25, 0.3) is 11.8 Å². The molecule has 0 aromatic rings. The van der Waals surface area contributed by atoms with Crippen molar-refractivity contribution in [3.63, 3.8) is 0 Å². The summed E-state index contributed by atoms with van der Waals surface area (Å²) >= 11 is 0. The second-order valence-electron chi connectivity index (χ2n) is 3.26. The first-order valence-electron chi connectivity index (χ1n) is 4.95. The Kier molecular flexibility index (Phi) is 4.03. The number of rotatable bonds is 5. The molecule has 1 aliphatic heterocycles. The molecular weight excluding hydrogens is 196 g/mol. The van der Waals surface area contributed by atoms with Gasteiger partial charge in [0.05, 0.1) is 0 Å². The molecule has 0 aliphatic carbocycles. The van der Waals surface area contributed by atoms with Crippen molar-refractivity contribution in [2.45, 2.75) is 19.8 Å². The molecule has 0 fully saturated rings. The second-order valence-corrected chi connectivity index (χ2v) is 3.26. The zero-order valence-electron chi connectivity index (χ0n) is 8.66. The average molecular weight is 210 g/mol. The Morgan fingerprint density at radius 1 is 1.33 bits per heavy atom. The molecule has 0 spiro atoms. The molecule has 0 aromatic heterocycles. The van der Waals surface area contributed by atoms with Gasteiger partial charge in [-0.25, -0.2) is 0 Å². The lowest BCUT2D eigenvalue weighted by Gasteiger charge is -2.12. The summed E-state index contributed by atoms with van der Waals surface area (Å²) in [7, 11) is 0. The van der Waals surface area contributed by atoms with Crippen molar-refractivity contribution < 1.29 is 14.4 Å². The smallest absolute Gasteiger partial charge is 0.253 e. The molecule has 0 atom stereocenters. The molecular formula is C10H14N2O3. The van der Waals surface area contributed by atoms with Crippen molar-refractivity contribution in [1.82, 2.24) is 10.2 Å². The Bertz CT molecular complexity index is 292. The molecule has 1 aliphatic rings. The fraction of sp³-hybridized carbons (Fsp3) is 0.500. The Hall–Kier alpha value is -1.65. The van der Waals surface area contributed by atoms with E-state index in [4.69, 9.17) is 0 Å². The van der Waals surface area contributed by atoms with E-state index in [0.29, 0.717) is 6.54 Å². The molecule has 0 aromatic carbocycles. The van der Waals surface area contributed by atoms with Crippen molar-refractivity contribution in [2.24, 2.45) is 0 Å². The van der Waals surface area contributed by atoms with E-state index in [2.05, 4.69) is 5.32 Å². The van der Waals surface area contributed by atoms with Crippen LogP contribution in [0.1, 0.15) is 19.8 Å². The molecule has 1 heterocycles. The fourth-order valence-electron chi connectivity index (χ4n) is 1.22. The lowest BCUT2D eigenvalue weighted by molar-refractivity contribution is -0.137. The minimum absolute atomic E-state index is 0.135. The molecule has 0 unspecified atom stereocenters. The van der Waals surface area contributed by atoms with Crippen LogP contribution in [0.5, 0.6) is 0 Å². The fourth-order valence-corrected chi connectivity index (χ4v) is 1.22. The normalized spacial score (nSPS) is 14.9. The van der Waals surface area contributed by atoms with Gasteiger partial charge in [-0.2, -0.15) is 0 Å². The number of carbonyl (C=O) groups is 3. The number of nitrogens with one attached hydrogen (secondary N) is 1. The van der Waals surface area contributed by atoms with Gasteiger partial charge < -0.3 is 5.32 Å². The topological polar surface area (TPSA) is 66.5 Å². The van der Waals surface area contributed by atoms with Crippen LogP contribution < -0.4 is 5.32 Å². The van der Waals surface area contributed by atoms with Crippen LogP contribution in [-0.4, -0.2) is 35.7 Å². The Morgan fingerprint density at radius 3 is 2.47 bits per heavy atom. The number of hydrogen-bond acceptors (Lipinski definition) is 3. The van der Waals surface area contributed by atoms with Crippen molar-refractivity contribution in [3.05, 3.63) is 12.2 Å². The summed E-state index contributed by atoms with van der Waals surface area (Å²) in [5, 5.41) is 2.68. The lowest BCUT2D eigenvalue weighted by atomic mass is 10.3. The first-order valence-corrected chi connectivity index (χ1v) is 4.95. The summed E-state index contributed by atoms with van der Waals surface area (Å²) in [5.41, 5.74) is 0. The predicted molar refractivity (Wildman–Crippen MR) is 53.8 cm³/mol. The van der Waals surface area contributed by atoms with Gasteiger partial charge in [0.15, 0.2) is 0 Å². The van der Waals surface area contributed by atoms with Crippen molar-refractivity contribution in [1.29, 1.82) is 0 Å². The zero-order valence-corrected chi connectivity index (χ0v) is 8.66. The quantitative estimate of drug-likeness (QED) is 0.640. The number of imide groups is 1. The number of hydrogen-bond donors (Lipinski definition) is 1. The van der Waals surface area contributed by atoms with E-state index >= 15 is 0 Å². The maximum Gasteiger partial charge on any atom is 0.253 e. The monoisotopic (exact) mass is 210 g/mol. The zero-order chi connectivity index (χ0) is 11.3. The van der Waals surface area contributed by atoms with Gasteiger partial charge in [-0.15, -0.1) is 0 Å². The van der Waals surface area contributed by atoms with Gasteiger partial charge in [0.2, 0.25) is 5.91 Å². The SMILES string of the molecule is CCCNC(=O)CCN1C(=O)C=CC1=O. The maximum absolute atomic E-state index is 11.2. The molecule has 15 heavy (non-hydrogen) atoms. The molecule has 5 heteroatoms. The highest BCUT2D eigenvalue weighted by molar-refractivity contribution is 6.13. The van der Waals surface area contributed by atoms with Crippen LogP contribution in [0.3, 0.4) is 0 Å². The number of amides is 3. The Balaban J connectivity index is 2.28. The van der Waals surface area contributed by atoms with E-state index in [1.807, 2.05) is 6.92 Å². The van der Waals surface area contributed by atoms with Gasteiger partial charge in [-0.05, 0) is 6.42 Å². The van der Waals surface area contributed by atoms with Crippen molar-refractivity contribution in [2.75, 3.05) is 13.1 Å². The van der Waals surface area contributed by atoms with E-state index in [9.17, 15) is 14.4 Å². The first-order chi connectivity index (χ1) is 7.15. The number of nitrogens with zero attached hydrogens (tertiary/aromatic N) is 1. The van der Waals surface area contributed by atoms with Gasteiger partial charge >= 0.3 is 0 Å².